The first-order valence-electron chi connectivity index (χ1n) is 12.5. The van der Waals surface area contributed by atoms with Gasteiger partial charge in [-0.2, -0.15) is 30.6 Å². The molecule has 0 aliphatic carbocycles. The average molecular weight is 670 g/mol. The Morgan fingerprint density at radius 1 is 0.909 bits per heavy atom. The highest BCUT2D eigenvalue weighted by atomic mass is 32.2. The van der Waals surface area contributed by atoms with E-state index in [1.165, 1.54) is 9.18 Å². The Labute approximate surface area is 251 Å². The van der Waals surface area contributed by atoms with Gasteiger partial charge < -0.3 is 14.9 Å². The van der Waals surface area contributed by atoms with Crippen LogP contribution in [0.15, 0.2) is 71.1 Å². The first-order valence-corrected chi connectivity index (χ1v) is 14.8. The Hall–Kier alpha value is -3.74. The van der Waals surface area contributed by atoms with Crippen molar-refractivity contribution in [3.05, 3.63) is 76.7 Å². The third-order valence-electron chi connectivity index (χ3n) is 6.16. The van der Waals surface area contributed by atoms with Crippen LogP contribution in [0, 0.1) is 0 Å². The molecule has 10 nitrogen and oxygen atoms in total. The number of rotatable bonds is 4. The molecule has 240 valence electrons. The molecule has 5 rings (SSSR count). The molecule has 44 heavy (non-hydrogen) atoms. The van der Waals surface area contributed by atoms with Gasteiger partial charge in [-0.05, 0) is 35.7 Å². The van der Waals surface area contributed by atoms with Crippen molar-refractivity contribution in [2.24, 2.45) is 0 Å². The van der Waals surface area contributed by atoms with E-state index in [2.05, 4.69) is 27.4 Å². The highest BCUT2D eigenvalue weighted by molar-refractivity contribution is 7.89. The molecule has 1 spiro atoms. The molecule has 0 amide bonds. The van der Waals surface area contributed by atoms with Crippen LogP contribution >= 0.6 is 11.3 Å². The fourth-order valence-electron chi connectivity index (χ4n) is 4.27. The molecule has 2 N–H and O–H groups in total. The number of benzene rings is 1. The van der Waals surface area contributed by atoms with Crippen LogP contribution in [0.4, 0.5) is 26.3 Å². The summed E-state index contributed by atoms with van der Waals surface area (Å²) in [7, 11) is -3.70. The van der Waals surface area contributed by atoms with Crippen LogP contribution in [0.2, 0.25) is 0 Å². The van der Waals surface area contributed by atoms with Crippen molar-refractivity contribution in [3.8, 4) is 5.75 Å². The fraction of sp³-hybridized carbons (Fsp3) is 0.346. The second-order valence-corrected chi connectivity index (χ2v) is 12.4. The lowest BCUT2D eigenvalue weighted by Gasteiger charge is -2.32. The van der Waals surface area contributed by atoms with Crippen molar-refractivity contribution in [1.82, 2.24) is 14.2 Å². The lowest BCUT2D eigenvalue weighted by Crippen LogP contribution is -2.49. The van der Waals surface area contributed by atoms with E-state index in [4.69, 9.17) is 24.5 Å². The summed E-state index contributed by atoms with van der Waals surface area (Å²) < 4.78 is 98.5. The monoisotopic (exact) mass is 669 g/mol. The van der Waals surface area contributed by atoms with Crippen molar-refractivity contribution < 1.29 is 59.3 Å². The van der Waals surface area contributed by atoms with E-state index < -0.39 is 39.9 Å². The Bertz CT molecular complexity index is 1500. The maximum absolute atomic E-state index is 13.5. The van der Waals surface area contributed by atoms with E-state index >= 15 is 0 Å². The zero-order chi connectivity index (χ0) is 32.8. The smallest absolute Gasteiger partial charge is 0.483 e. The van der Waals surface area contributed by atoms with Crippen LogP contribution in [-0.2, 0) is 32.7 Å². The van der Waals surface area contributed by atoms with E-state index in [1.54, 1.807) is 35.7 Å². The molecule has 0 bridgehead atoms. The van der Waals surface area contributed by atoms with E-state index in [0.717, 1.165) is 25.2 Å². The van der Waals surface area contributed by atoms with E-state index in [1.807, 2.05) is 24.3 Å². The second kappa shape index (κ2) is 13.9. The number of nitrogens with zero attached hydrogens (tertiary/aromatic N) is 3. The summed E-state index contributed by atoms with van der Waals surface area (Å²) in [5.74, 6) is -5.07. The predicted octanol–water partition coefficient (Wildman–Crippen LogP) is 4.64. The van der Waals surface area contributed by atoms with Crippen LogP contribution in [0.25, 0.3) is 0 Å². The van der Waals surface area contributed by atoms with Gasteiger partial charge in [0, 0.05) is 37.1 Å². The number of sulfonamides is 1. The first-order chi connectivity index (χ1) is 20.4. The Morgan fingerprint density at radius 3 is 2.07 bits per heavy atom. The Morgan fingerprint density at radius 2 is 1.52 bits per heavy atom. The maximum Gasteiger partial charge on any atom is 0.490 e. The Balaban J connectivity index is 0.000000317. The predicted molar refractivity (Wildman–Crippen MR) is 143 cm³/mol. The molecular formula is C26H25F6N3O7S2. The highest BCUT2D eigenvalue weighted by Gasteiger charge is 2.47. The van der Waals surface area contributed by atoms with Gasteiger partial charge in [0.05, 0.1) is 18.8 Å². The number of aromatic nitrogens is 1. The number of alkyl halides is 6. The standard InChI is InChI=1S/C22H23N3O3S2.2C2HF3O2/c26-30(27)21-9-2-1-8-20(21)28-22(17-25(30)14-18-6-3-4-11-23-18)10-12-24(16-22)15-19-7-5-13-29-19;2*3-2(4,5)1(6)7/h1-9,11,13H,10,12,14-17H2;2*(H,6,7). The molecule has 0 radical (unpaired) electrons. The van der Waals surface area contributed by atoms with E-state index in [0.29, 0.717) is 18.8 Å². The largest absolute Gasteiger partial charge is 0.490 e. The number of carboxylic acids is 2. The third-order valence-corrected chi connectivity index (χ3v) is 8.85. The summed E-state index contributed by atoms with van der Waals surface area (Å²) in [6.07, 6.45) is -7.70. The SMILES string of the molecule is O=C(O)C(F)(F)F.O=C(O)C(F)(F)F.O=S1(=O)c2ccccc2OC2(CCN(Cc3cccs3)C2)CN1Cc1ccccn1. The lowest BCUT2D eigenvalue weighted by molar-refractivity contribution is -0.193. The summed E-state index contributed by atoms with van der Waals surface area (Å²) in [5.41, 5.74) is 0.148. The summed E-state index contributed by atoms with van der Waals surface area (Å²) in [6, 6.07) is 16.7. The number of para-hydroxylation sites is 1. The Kier molecular flexibility index (Phi) is 11.0. The highest BCUT2D eigenvalue weighted by Crippen LogP contribution is 2.39. The molecule has 0 saturated carbocycles. The van der Waals surface area contributed by atoms with Crippen LogP contribution in [0.3, 0.4) is 0 Å². The normalized spacial score (nSPS) is 19.8. The van der Waals surface area contributed by atoms with Gasteiger partial charge in [-0.1, -0.05) is 24.3 Å². The number of carboxylic acid groups (broad SMARTS) is 2. The summed E-state index contributed by atoms with van der Waals surface area (Å²) in [4.78, 5) is 26.0. The van der Waals surface area contributed by atoms with Crippen molar-refractivity contribution >= 4 is 33.3 Å². The zero-order valence-electron chi connectivity index (χ0n) is 22.5. The number of hydrogen-bond donors (Lipinski definition) is 2. The van der Waals surface area contributed by atoms with Gasteiger partial charge in [0.15, 0.2) is 0 Å². The molecule has 2 aliphatic rings. The number of aliphatic carboxylic acids is 2. The topological polar surface area (TPSA) is 137 Å². The third kappa shape index (κ3) is 9.38. The molecule has 1 aromatic carbocycles. The second-order valence-electron chi connectivity index (χ2n) is 9.47. The quantitative estimate of drug-likeness (QED) is 0.381. The first kappa shape index (κ1) is 34.7. The van der Waals surface area contributed by atoms with Crippen LogP contribution in [0.1, 0.15) is 17.0 Å². The van der Waals surface area contributed by atoms with E-state index in [9.17, 15) is 34.8 Å². The molecule has 2 aromatic heterocycles. The van der Waals surface area contributed by atoms with Crippen molar-refractivity contribution in [2.75, 3.05) is 19.6 Å². The number of carbonyl (C=O) groups is 2. The number of hydrogen-bond acceptors (Lipinski definition) is 8. The number of thiophene rings is 1. The fourth-order valence-corrected chi connectivity index (χ4v) is 6.62. The molecule has 3 aromatic rings. The minimum absolute atomic E-state index is 0.230. The summed E-state index contributed by atoms with van der Waals surface area (Å²) >= 11 is 1.74. The number of ether oxygens (including phenoxy) is 1. The minimum Gasteiger partial charge on any atom is -0.483 e. The average Bonchev–Trinajstić information content (AvgIpc) is 3.57. The lowest BCUT2D eigenvalue weighted by atomic mass is 10.0. The molecule has 1 saturated heterocycles. The molecule has 1 atom stereocenters. The molecule has 18 heteroatoms. The van der Waals surface area contributed by atoms with Crippen LogP contribution in [0.5, 0.6) is 5.75 Å². The van der Waals surface area contributed by atoms with Crippen molar-refractivity contribution in [1.29, 1.82) is 0 Å². The molecule has 4 heterocycles. The van der Waals surface area contributed by atoms with Gasteiger partial charge in [-0.25, -0.2) is 18.0 Å². The number of pyridine rings is 1. The molecule has 2 aliphatic heterocycles. The molecule has 1 unspecified atom stereocenters. The van der Waals surface area contributed by atoms with Crippen LogP contribution in [-0.4, -0.2) is 82.3 Å². The van der Waals surface area contributed by atoms with Gasteiger partial charge in [0.1, 0.15) is 16.2 Å². The summed E-state index contributed by atoms with van der Waals surface area (Å²) in [5, 5.41) is 16.3. The van der Waals surface area contributed by atoms with E-state index in [-0.39, 0.29) is 11.4 Å². The van der Waals surface area contributed by atoms with Gasteiger partial charge in [-0.15, -0.1) is 11.3 Å². The minimum atomic E-state index is -5.08. The van der Waals surface area contributed by atoms with Gasteiger partial charge in [0.2, 0.25) is 10.0 Å². The van der Waals surface area contributed by atoms with Gasteiger partial charge in [-0.3, -0.25) is 9.88 Å². The summed E-state index contributed by atoms with van der Waals surface area (Å²) in [6.45, 7) is 2.96. The van der Waals surface area contributed by atoms with Crippen molar-refractivity contribution in [3.63, 3.8) is 0 Å². The number of likely N-dealkylation sites (tertiary alicyclic amines) is 1. The maximum atomic E-state index is 13.5. The van der Waals surface area contributed by atoms with Gasteiger partial charge in [0.25, 0.3) is 0 Å². The number of fused-ring (bicyclic) bond motifs is 1. The van der Waals surface area contributed by atoms with Crippen LogP contribution < -0.4 is 4.74 Å². The number of halogens is 6. The molecular weight excluding hydrogens is 644 g/mol. The zero-order valence-corrected chi connectivity index (χ0v) is 24.1. The molecule has 1 fully saturated rings. The van der Waals surface area contributed by atoms with Crippen molar-refractivity contribution in [2.45, 2.75) is 42.4 Å². The van der Waals surface area contributed by atoms with Gasteiger partial charge >= 0.3 is 24.3 Å².